The van der Waals surface area contributed by atoms with E-state index < -0.39 is 18.0 Å². The third kappa shape index (κ3) is 6.42. The lowest BCUT2D eigenvalue weighted by molar-refractivity contribution is -0.155. The van der Waals surface area contributed by atoms with Gasteiger partial charge in [-0.25, -0.2) is 4.79 Å². The monoisotopic (exact) mass is 389 g/mol. The summed E-state index contributed by atoms with van der Waals surface area (Å²) in [5.41, 5.74) is 1.09. The largest absolute Gasteiger partial charge is 0.482 e. The predicted octanol–water partition coefficient (Wildman–Crippen LogP) is 3.88. The second-order valence-corrected chi connectivity index (χ2v) is 6.16. The Hall–Kier alpha value is -2.86. The Kier molecular flexibility index (Phi) is 7.37. The maximum Gasteiger partial charge on any atom is 0.344 e. The lowest BCUT2D eigenvalue weighted by atomic mass is 10.1. The third-order valence-electron chi connectivity index (χ3n) is 3.62. The smallest absolute Gasteiger partial charge is 0.344 e. The Morgan fingerprint density at radius 1 is 1.11 bits per heavy atom. The summed E-state index contributed by atoms with van der Waals surface area (Å²) in [4.78, 5) is 35.5. The summed E-state index contributed by atoms with van der Waals surface area (Å²) in [5, 5.41) is 3.09. The number of Topliss-reactive ketones (excluding diaryl/α,β-unsaturated/α-hetero) is 1. The molecule has 1 atom stereocenters. The highest BCUT2D eigenvalue weighted by atomic mass is 35.5. The standard InChI is InChI=1S/C20H20ClNO5/c1-3-18(23)14-7-9-17(10-8-14)26-12-19(24)27-13(2)20(25)22-16-6-4-5-15(21)11-16/h4-11,13H,3,12H2,1-2H3,(H,22,25). The fourth-order valence-electron chi connectivity index (χ4n) is 2.18. The van der Waals surface area contributed by atoms with E-state index in [1.165, 1.54) is 6.92 Å². The Morgan fingerprint density at radius 2 is 1.81 bits per heavy atom. The number of halogens is 1. The van der Waals surface area contributed by atoms with E-state index in [0.29, 0.717) is 28.4 Å². The van der Waals surface area contributed by atoms with Crippen molar-refractivity contribution in [2.24, 2.45) is 0 Å². The van der Waals surface area contributed by atoms with Gasteiger partial charge in [-0.05, 0) is 49.4 Å². The molecule has 0 radical (unpaired) electrons. The van der Waals surface area contributed by atoms with E-state index in [4.69, 9.17) is 21.1 Å². The molecule has 142 valence electrons. The van der Waals surface area contributed by atoms with Gasteiger partial charge in [0.2, 0.25) is 0 Å². The number of hydrogen-bond donors (Lipinski definition) is 1. The number of esters is 1. The number of rotatable bonds is 8. The van der Waals surface area contributed by atoms with Crippen LogP contribution in [-0.2, 0) is 14.3 Å². The first-order valence-electron chi connectivity index (χ1n) is 8.41. The van der Waals surface area contributed by atoms with E-state index in [-0.39, 0.29) is 12.4 Å². The molecule has 0 aliphatic heterocycles. The van der Waals surface area contributed by atoms with Gasteiger partial charge in [-0.2, -0.15) is 0 Å². The van der Waals surface area contributed by atoms with Crippen molar-refractivity contribution < 1.29 is 23.9 Å². The molecule has 0 spiro atoms. The van der Waals surface area contributed by atoms with Gasteiger partial charge in [-0.3, -0.25) is 9.59 Å². The molecule has 1 amide bonds. The molecule has 2 rings (SSSR count). The molecule has 0 aliphatic carbocycles. The van der Waals surface area contributed by atoms with Crippen molar-refractivity contribution >= 4 is 34.9 Å². The predicted molar refractivity (Wildman–Crippen MR) is 102 cm³/mol. The number of ketones is 1. The highest BCUT2D eigenvalue weighted by molar-refractivity contribution is 6.30. The molecule has 7 heteroatoms. The summed E-state index contributed by atoms with van der Waals surface area (Å²) in [6.45, 7) is 2.89. The summed E-state index contributed by atoms with van der Waals surface area (Å²) in [7, 11) is 0. The van der Waals surface area contributed by atoms with E-state index in [9.17, 15) is 14.4 Å². The minimum Gasteiger partial charge on any atom is -0.482 e. The number of carbonyl (C=O) groups excluding carboxylic acids is 3. The van der Waals surface area contributed by atoms with Gasteiger partial charge in [-0.15, -0.1) is 0 Å². The highest BCUT2D eigenvalue weighted by Gasteiger charge is 2.18. The van der Waals surface area contributed by atoms with Crippen LogP contribution in [0.15, 0.2) is 48.5 Å². The second-order valence-electron chi connectivity index (χ2n) is 5.72. The van der Waals surface area contributed by atoms with Crippen molar-refractivity contribution in [3.63, 3.8) is 0 Å². The number of carbonyl (C=O) groups is 3. The molecule has 0 bridgehead atoms. The number of nitrogens with one attached hydrogen (secondary N) is 1. The van der Waals surface area contributed by atoms with Crippen molar-refractivity contribution in [2.75, 3.05) is 11.9 Å². The van der Waals surface area contributed by atoms with Crippen LogP contribution in [-0.4, -0.2) is 30.4 Å². The van der Waals surface area contributed by atoms with Gasteiger partial charge in [0.25, 0.3) is 5.91 Å². The van der Waals surface area contributed by atoms with Crippen LogP contribution in [0.4, 0.5) is 5.69 Å². The van der Waals surface area contributed by atoms with Crippen molar-refractivity contribution in [1.82, 2.24) is 0 Å². The van der Waals surface area contributed by atoms with Crippen molar-refractivity contribution in [1.29, 1.82) is 0 Å². The molecule has 2 aromatic carbocycles. The Bertz CT molecular complexity index is 819. The summed E-state index contributed by atoms with van der Waals surface area (Å²) < 4.78 is 10.4. The summed E-state index contributed by atoms with van der Waals surface area (Å²) >= 11 is 5.86. The number of benzene rings is 2. The quantitative estimate of drug-likeness (QED) is 0.547. The minimum absolute atomic E-state index is 0.0282. The maximum atomic E-state index is 12.1. The Morgan fingerprint density at radius 3 is 2.44 bits per heavy atom. The maximum absolute atomic E-state index is 12.1. The Balaban J connectivity index is 1.80. The number of ether oxygens (including phenoxy) is 2. The van der Waals surface area contributed by atoms with Crippen LogP contribution in [0.5, 0.6) is 5.75 Å². The van der Waals surface area contributed by atoms with Crippen LogP contribution >= 0.6 is 11.6 Å². The van der Waals surface area contributed by atoms with Crippen molar-refractivity contribution in [2.45, 2.75) is 26.4 Å². The molecule has 0 aliphatic rings. The Labute approximate surface area is 162 Å². The molecule has 1 N–H and O–H groups in total. The fourth-order valence-corrected chi connectivity index (χ4v) is 2.37. The first-order valence-corrected chi connectivity index (χ1v) is 8.78. The molecule has 6 nitrogen and oxygen atoms in total. The molecule has 0 fully saturated rings. The molecule has 1 unspecified atom stereocenters. The molecular formula is C20H20ClNO5. The summed E-state index contributed by atoms with van der Waals surface area (Å²) in [5.74, 6) is -0.707. The number of anilines is 1. The van der Waals surface area contributed by atoms with Crippen LogP contribution in [0.2, 0.25) is 5.02 Å². The summed E-state index contributed by atoms with van der Waals surface area (Å²) in [6.07, 6.45) is -0.577. The second kappa shape index (κ2) is 9.73. The van der Waals surface area contributed by atoms with E-state index >= 15 is 0 Å². The first kappa shape index (κ1) is 20.5. The zero-order chi connectivity index (χ0) is 19.8. The highest BCUT2D eigenvalue weighted by Crippen LogP contribution is 2.16. The normalized spacial score (nSPS) is 11.4. The third-order valence-corrected chi connectivity index (χ3v) is 3.86. The van der Waals surface area contributed by atoms with Gasteiger partial charge in [0.1, 0.15) is 5.75 Å². The lowest BCUT2D eigenvalue weighted by Crippen LogP contribution is -2.31. The van der Waals surface area contributed by atoms with Crippen molar-refractivity contribution in [3.05, 3.63) is 59.1 Å². The topological polar surface area (TPSA) is 81.7 Å². The minimum atomic E-state index is -0.996. The first-order chi connectivity index (χ1) is 12.9. The number of hydrogen-bond acceptors (Lipinski definition) is 5. The summed E-state index contributed by atoms with van der Waals surface area (Å²) in [6, 6.07) is 13.1. The van der Waals surface area contributed by atoms with Gasteiger partial charge < -0.3 is 14.8 Å². The van der Waals surface area contributed by atoms with E-state index in [1.54, 1.807) is 55.5 Å². The zero-order valence-electron chi connectivity index (χ0n) is 15.0. The van der Waals surface area contributed by atoms with Gasteiger partial charge in [-0.1, -0.05) is 24.6 Å². The lowest BCUT2D eigenvalue weighted by Gasteiger charge is -2.14. The molecule has 0 saturated carbocycles. The SMILES string of the molecule is CCC(=O)c1ccc(OCC(=O)OC(C)C(=O)Nc2cccc(Cl)c2)cc1. The van der Waals surface area contributed by atoms with Crippen molar-refractivity contribution in [3.8, 4) is 5.75 Å². The van der Waals surface area contributed by atoms with Crippen LogP contribution in [0, 0.1) is 0 Å². The van der Waals surface area contributed by atoms with Crippen LogP contribution in [0.3, 0.4) is 0 Å². The van der Waals surface area contributed by atoms with E-state index in [2.05, 4.69) is 5.32 Å². The van der Waals surface area contributed by atoms with Crippen LogP contribution in [0.1, 0.15) is 30.6 Å². The fraction of sp³-hybridized carbons (Fsp3) is 0.250. The number of amides is 1. The van der Waals surface area contributed by atoms with Gasteiger partial charge in [0.15, 0.2) is 18.5 Å². The molecule has 0 heterocycles. The molecule has 2 aromatic rings. The van der Waals surface area contributed by atoms with Crippen LogP contribution in [0.25, 0.3) is 0 Å². The van der Waals surface area contributed by atoms with E-state index in [0.717, 1.165) is 0 Å². The molecule has 27 heavy (non-hydrogen) atoms. The van der Waals surface area contributed by atoms with E-state index in [1.807, 2.05) is 0 Å². The molecule has 0 aromatic heterocycles. The zero-order valence-corrected chi connectivity index (χ0v) is 15.8. The van der Waals surface area contributed by atoms with Crippen LogP contribution < -0.4 is 10.1 Å². The average Bonchev–Trinajstić information content (AvgIpc) is 2.66. The molecular weight excluding hydrogens is 370 g/mol. The van der Waals surface area contributed by atoms with Gasteiger partial charge >= 0.3 is 5.97 Å². The van der Waals surface area contributed by atoms with Gasteiger partial charge in [0, 0.05) is 22.7 Å². The molecule has 0 saturated heterocycles. The average molecular weight is 390 g/mol. The van der Waals surface area contributed by atoms with Gasteiger partial charge in [0.05, 0.1) is 0 Å².